The number of rotatable bonds is 6. The Balaban J connectivity index is 1.72. The van der Waals surface area contributed by atoms with Crippen LogP contribution in [-0.4, -0.2) is 20.1 Å². The number of methoxy groups -OCH3 is 2. The topological polar surface area (TPSA) is 56.8 Å². The second-order valence-corrected chi connectivity index (χ2v) is 5.43. The van der Waals surface area contributed by atoms with Crippen LogP contribution < -0.4 is 19.5 Å². The summed E-state index contributed by atoms with van der Waals surface area (Å²) in [6.07, 6.45) is 0. The summed E-state index contributed by atoms with van der Waals surface area (Å²) >= 11 is 0. The maximum Gasteiger partial charge on any atom is 0.259 e. The van der Waals surface area contributed by atoms with Gasteiger partial charge in [0.05, 0.1) is 19.8 Å². The summed E-state index contributed by atoms with van der Waals surface area (Å²) in [5, 5.41) is 2.85. The molecule has 3 aromatic carbocycles. The fourth-order valence-electron chi connectivity index (χ4n) is 2.50. The van der Waals surface area contributed by atoms with Gasteiger partial charge in [0, 0.05) is 5.69 Å². The zero-order valence-electron chi connectivity index (χ0n) is 14.6. The minimum Gasteiger partial charge on any atom is -0.493 e. The molecule has 3 rings (SSSR count). The van der Waals surface area contributed by atoms with Gasteiger partial charge >= 0.3 is 0 Å². The Hall–Kier alpha value is -3.47. The van der Waals surface area contributed by atoms with Gasteiger partial charge in [-0.15, -0.1) is 0 Å². The number of carbonyl (C=O) groups is 1. The Kier molecular flexibility index (Phi) is 5.39. The highest BCUT2D eigenvalue weighted by atomic mass is 16.5. The molecular formula is C21H19NO4. The summed E-state index contributed by atoms with van der Waals surface area (Å²) in [6.45, 7) is 0. The molecule has 1 amide bonds. The highest BCUT2D eigenvalue weighted by Gasteiger charge is 2.16. The van der Waals surface area contributed by atoms with Crippen molar-refractivity contribution in [2.45, 2.75) is 0 Å². The van der Waals surface area contributed by atoms with E-state index in [9.17, 15) is 4.79 Å². The predicted molar refractivity (Wildman–Crippen MR) is 100 cm³/mol. The average Bonchev–Trinajstić information content (AvgIpc) is 2.69. The molecule has 3 aromatic rings. The molecule has 132 valence electrons. The van der Waals surface area contributed by atoms with Gasteiger partial charge in [-0.2, -0.15) is 0 Å². The van der Waals surface area contributed by atoms with Crippen LogP contribution in [0.25, 0.3) is 0 Å². The zero-order valence-corrected chi connectivity index (χ0v) is 14.6. The van der Waals surface area contributed by atoms with Crippen LogP contribution in [0, 0.1) is 0 Å². The Bertz CT molecular complexity index is 876. The van der Waals surface area contributed by atoms with Gasteiger partial charge in [-0.25, -0.2) is 0 Å². The first-order valence-electron chi connectivity index (χ1n) is 8.06. The molecule has 0 bridgehead atoms. The van der Waals surface area contributed by atoms with E-state index in [0.29, 0.717) is 28.5 Å². The monoisotopic (exact) mass is 349 g/mol. The highest BCUT2D eigenvalue weighted by molar-refractivity contribution is 6.06. The SMILES string of the molecule is COc1cccc(C(=O)Nc2ccc(Oc3ccccc3)cc2)c1OC. The minimum absolute atomic E-state index is 0.280. The summed E-state index contributed by atoms with van der Waals surface area (Å²) < 4.78 is 16.3. The maximum absolute atomic E-state index is 12.6. The van der Waals surface area contributed by atoms with Gasteiger partial charge in [-0.1, -0.05) is 24.3 Å². The third-order valence-electron chi connectivity index (χ3n) is 3.74. The van der Waals surface area contributed by atoms with Crippen LogP contribution in [0.1, 0.15) is 10.4 Å². The van der Waals surface area contributed by atoms with Gasteiger partial charge in [0.25, 0.3) is 5.91 Å². The Morgan fingerprint density at radius 2 is 1.46 bits per heavy atom. The van der Waals surface area contributed by atoms with Crippen LogP contribution in [-0.2, 0) is 0 Å². The van der Waals surface area contributed by atoms with Crippen molar-refractivity contribution in [2.75, 3.05) is 19.5 Å². The normalized spacial score (nSPS) is 10.1. The van der Waals surface area contributed by atoms with Crippen molar-refractivity contribution in [1.82, 2.24) is 0 Å². The molecule has 0 saturated carbocycles. The number of benzene rings is 3. The van der Waals surface area contributed by atoms with E-state index in [1.807, 2.05) is 30.3 Å². The molecule has 0 spiro atoms. The van der Waals surface area contributed by atoms with E-state index in [0.717, 1.165) is 5.75 Å². The van der Waals surface area contributed by atoms with Crippen molar-refractivity contribution in [3.05, 3.63) is 78.4 Å². The van der Waals surface area contributed by atoms with Crippen LogP contribution in [0.3, 0.4) is 0 Å². The molecule has 5 nitrogen and oxygen atoms in total. The standard InChI is InChI=1S/C21H19NO4/c1-24-19-10-6-9-18(20(19)25-2)21(23)22-15-11-13-17(14-12-15)26-16-7-4-3-5-8-16/h3-14H,1-2H3,(H,22,23). The summed E-state index contributed by atoms with van der Waals surface area (Å²) in [5.41, 5.74) is 1.05. The number of nitrogens with one attached hydrogen (secondary N) is 1. The van der Waals surface area contributed by atoms with Gasteiger partial charge in [0.15, 0.2) is 11.5 Å². The lowest BCUT2D eigenvalue weighted by atomic mass is 10.1. The lowest BCUT2D eigenvalue weighted by Crippen LogP contribution is -2.13. The molecule has 0 unspecified atom stereocenters. The molecule has 0 radical (unpaired) electrons. The van der Waals surface area contributed by atoms with Gasteiger partial charge in [0.1, 0.15) is 11.5 Å². The zero-order chi connectivity index (χ0) is 18.4. The van der Waals surface area contributed by atoms with Crippen molar-refractivity contribution in [3.63, 3.8) is 0 Å². The second kappa shape index (κ2) is 8.07. The van der Waals surface area contributed by atoms with E-state index in [4.69, 9.17) is 14.2 Å². The molecular weight excluding hydrogens is 330 g/mol. The largest absolute Gasteiger partial charge is 0.493 e. The maximum atomic E-state index is 12.6. The third kappa shape index (κ3) is 3.95. The molecule has 0 fully saturated rings. The quantitative estimate of drug-likeness (QED) is 0.698. The lowest BCUT2D eigenvalue weighted by Gasteiger charge is -2.13. The number of carbonyl (C=O) groups excluding carboxylic acids is 1. The average molecular weight is 349 g/mol. The van der Waals surface area contributed by atoms with Crippen LogP contribution in [0.2, 0.25) is 0 Å². The number of anilines is 1. The van der Waals surface area contributed by atoms with Gasteiger partial charge < -0.3 is 19.5 Å². The van der Waals surface area contributed by atoms with Crippen molar-refractivity contribution >= 4 is 11.6 Å². The number of ether oxygens (including phenoxy) is 3. The van der Waals surface area contributed by atoms with E-state index < -0.39 is 0 Å². The molecule has 0 aliphatic carbocycles. The minimum atomic E-state index is -0.280. The van der Waals surface area contributed by atoms with E-state index in [1.54, 1.807) is 42.5 Å². The van der Waals surface area contributed by atoms with E-state index in [1.165, 1.54) is 14.2 Å². The molecule has 0 heterocycles. The first kappa shape index (κ1) is 17.4. The van der Waals surface area contributed by atoms with E-state index in [-0.39, 0.29) is 5.91 Å². The van der Waals surface area contributed by atoms with Crippen LogP contribution >= 0.6 is 0 Å². The molecule has 5 heteroatoms. The Morgan fingerprint density at radius 1 is 0.769 bits per heavy atom. The molecule has 0 aliphatic heterocycles. The smallest absolute Gasteiger partial charge is 0.259 e. The first-order chi connectivity index (χ1) is 12.7. The summed E-state index contributed by atoms with van der Waals surface area (Å²) in [7, 11) is 3.04. The first-order valence-corrected chi connectivity index (χ1v) is 8.06. The summed E-state index contributed by atoms with van der Waals surface area (Å²) in [6, 6.07) is 21.8. The summed E-state index contributed by atoms with van der Waals surface area (Å²) in [5.74, 6) is 2.07. The van der Waals surface area contributed by atoms with Crippen molar-refractivity contribution in [3.8, 4) is 23.0 Å². The van der Waals surface area contributed by atoms with Crippen LogP contribution in [0.15, 0.2) is 72.8 Å². The summed E-state index contributed by atoms with van der Waals surface area (Å²) in [4.78, 5) is 12.6. The molecule has 0 atom stereocenters. The molecule has 0 aliphatic rings. The fourth-order valence-corrected chi connectivity index (χ4v) is 2.50. The van der Waals surface area contributed by atoms with E-state index >= 15 is 0 Å². The van der Waals surface area contributed by atoms with Crippen molar-refractivity contribution in [2.24, 2.45) is 0 Å². The third-order valence-corrected chi connectivity index (χ3v) is 3.74. The second-order valence-electron chi connectivity index (χ2n) is 5.43. The molecule has 1 N–H and O–H groups in total. The van der Waals surface area contributed by atoms with Crippen LogP contribution in [0.4, 0.5) is 5.69 Å². The Morgan fingerprint density at radius 3 is 2.12 bits per heavy atom. The Labute approximate surface area is 152 Å². The van der Waals surface area contributed by atoms with Gasteiger partial charge in [0.2, 0.25) is 0 Å². The number of para-hydroxylation sites is 2. The number of hydrogen-bond donors (Lipinski definition) is 1. The van der Waals surface area contributed by atoms with Crippen molar-refractivity contribution < 1.29 is 19.0 Å². The van der Waals surface area contributed by atoms with Gasteiger partial charge in [-0.05, 0) is 48.5 Å². The van der Waals surface area contributed by atoms with E-state index in [2.05, 4.69) is 5.32 Å². The molecule has 26 heavy (non-hydrogen) atoms. The van der Waals surface area contributed by atoms with Crippen LogP contribution in [0.5, 0.6) is 23.0 Å². The molecule has 0 saturated heterocycles. The van der Waals surface area contributed by atoms with Crippen molar-refractivity contribution in [1.29, 1.82) is 0 Å². The number of amides is 1. The van der Waals surface area contributed by atoms with Gasteiger partial charge in [-0.3, -0.25) is 4.79 Å². The predicted octanol–water partition coefficient (Wildman–Crippen LogP) is 4.75. The highest BCUT2D eigenvalue weighted by Crippen LogP contribution is 2.31. The fraction of sp³-hybridized carbons (Fsp3) is 0.0952. The number of hydrogen-bond acceptors (Lipinski definition) is 4. The molecule has 0 aromatic heterocycles. The lowest BCUT2D eigenvalue weighted by molar-refractivity contribution is 0.102.